The van der Waals surface area contributed by atoms with Gasteiger partial charge in [-0.2, -0.15) is 11.8 Å². The Kier molecular flexibility index (Phi) is 4.38. The summed E-state index contributed by atoms with van der Waals surface area (Å²) in [4.78, 5) is 9.80. The first kappa shape index (κ1) is 8.87. The maximum atomic E-state index is 9.80. The zero-order valence-corrected chi connectivity index (χ0v) is 7.23. The molecule has 0 aromatic heterocycles. The van der Waals surface area contributed by atoms with Crippen molar-refractivity contribution in [3.05, 3.63) is 0 Å². The van der Waals surface area contributed by atoms with Crippen molar-refractivity contribution in [3.8, 4) is 0 Å². The van der Waals surface area contributed by atoms with Crippen molar-refractivity contribution in [1.82, 2.24) is 5.32 Å². The van der Waals surface area contributed by atoms with Crippen LogP contribution in [0, 0.1) is 0 Å². The van der Waals surface area contributed by atoms with Crippen LogP contribution in [0.5, 0.6) is 0 Å². The summed E-state index contributed by atoms with van der Waals surface area (Å²) in [6.07, 6.45) is 0.969. The zero-order valence-electron chi connectivity index (χ0n) is 6.41. The van der Waals surface area contributed by atoms with E-state index in [9.17, 15) is 4.79 Å². The highest BCUT2D eigenvalue weighted by atomic mass is 32.2. The molecule has 4 heteroatoms. The first-order chi connectivity index (χ1) is 5.43. The van der Waals surface area contributed by atoms with Crippen LogP contribution in [-0.4, -0.2) is 37.2 Å². The summed E-state index contributed by atoms with van der Waals surface area (Å²) in [6.45, 7) is 3.23. The van der Waals surface area contributed by atoms with Gasteiger partial charge in [0.05, 0.1) is 6.61 Å². The van der Waals surface area contributed by atoms with E-state index < -0.39 is 0 Å². The highest BCUT2D eigenvalue weighted by molar-refractivity contribution is 8.00. The van der Waals surface area contributed by atoms with Crippen LogP contribution in [0.2, 0.25) is 0 Å². The minimum absolute atomic E-state index is 0.515. The highest BCUT2D eigenvalue weighted by Gasteiger charge is 2.12. The molecule has 0 aromatic carbocycles. The molecule has 64 valence electrons. The van der Waals surface area contributed by atoms with Gasteiger partial charge < -0.3 is 10.1 Å². The van der Waals surface area contributed by atoms with Crippen LogP contribution in [0.15, 0.2) is 0 Å². The predicted molar refractivity (Wildman–Crippen MR) is 45.7 cm³/mol. The van der Waals surface area contributed by atoms with E-state index in [-0.39, 0.29) is 0 Å². The molecule has 0 amide bonds. The molecular weight excluding hydrogens is 162 g/mol. The fourth-order valence-electron chi connectivity index (χ4n) is 1.05. The van der Waals surface area contributed by atoms with Crippen LogP contribution in [0.3, 0.4) is 0 Å². The highest BCUT2D eigenvalue weighted by Crippen LogP contribution is 2.16. The lowest BCUT2D eigenvalue weighted by molar-refractivity contribution is -0.128. The molecule has 0 aliphatic carbocycles. The SMILES string of the molecule is O=COCCC1CNCCS1. The van der Waals surface area contributed by atoms with E-state index in [1.807, 2.05) is 11.8 Å². The molecule has 1 atom stereocenters. The van der Waals surface area contributed by atoms with Gasteiger partial charge in [0.15, 0.2) is 0 Å². The molecule has 1 rings (SSSR count). The minimum atomic E-state index is 0.515. The summed E-state index contributed by atoms with van der Waals surface area (Å²) in [6, 6.07) is 0. The van der Waals surface area contributed by atoms with Gasteiger partial charge in [-0.1, -0.05) is 0 Å². The van der Waals surface area contributed by atoms with E-state index in [0.29, 0.717) is 18.3 Å². The summed E-state index contributed by atoms with van der Waals surface area (Å²) in [5.41, 5.74) is 0. The summed E-state index contributed by atoms with van der Waals surface area (Å²) in [5.74, 6) is 1.17. The van der Waals surface area contributed by atoms with Gasteiger partial charge in [-0.15, -0.1) is 0 Å². The van der Waals surface area contributed by atoms with Crippen molar-refractivity contribution in [2.75, 3.05) is 25.4 Å². The zero-order chi connectivity index (χ0) is 7.94. The largest absolute Gasteiger partial charge is 0.468 e. The second-order valence-electron chi connectivity index (χ2n) is 2.45. The van der Waals surface area contributed by atoms with Gasteiger partial charge in [-0.3, -0.25) is 4.79 Å². The molecule has 1 aliphatic rings. The first-order valence-corrected chi connectivity index (χ1v) is 4.86. The topological polar surface area (TPSA) is 38.3 Å². The monoisotopic (exact) mass is 175 g/mol. The quantitative estimate of drug-likeness (QED) is 0.491. The molecule has 0 aromatic rings. The van der Waals surface area contributed by atoms with Crippen molar-refractivity contribution in [2.45, 2.75) is 11.7 Å². The Balaban J connectivity index is 2.00. The molecule has 3 nitrogen and oxygen atoms in total. The average molecular weight is 175 g/mol. The summed E-state index contributed by atoms with van der Waals surface area (Å²) >= 11 is 1.96. The molecule has 0 spiro atoms. The van der Waals surface area contributed by atoms with Gasteiger partial charge in [0.2, 0.25) is 0 Å². The fourth-order valence-corrected chi connectivity index (χ4v) is 2.15. The number of carbonyl (C=O) groups excluding carboxylic acids is 1. The normalized spacial score (nSPS) is 24.5. The smallest absolute Gasteiger partial charge is 0.293 e. The van der Waals surface area contributed by atoms with E-state index in [4.69, 9.17) is 0 Å². The average Bonchev–Trinajstić information content (AvgIpc) is 2.07. The summed E-state index contributed by atoms with van der Waals surface area (Å²) in [5, 5.41) is 3.93. The molecule has 11 heavy (non-hydrogen) atoms. The Morgan fingerprint density at radius 2 is 2.64 bits per heavy atom. The van der Waals surface area contributed by atoms with Crippen LogP contribution in [-0.2, 0) is 9.53 Å². The molecule has 1 saturated heterocycles. The number of carbonyl (C=O) groups is 1. The molecule has 0 radical (unpaired) electrons. The Morgan fingerprint density at radius 1 is 1.73 bits per heavy atom. The number of ether oxygens (including phenoxy) is 1. The van der Waals surface area contributed by atoms with Crippen molar-refractivity contribution in [3.63, 3.8) is 0 Å². The van der Waals surface area contributed by atoms with Crippen LogP contribution >= 0.6 is 11.8 Å². The Hall–Kier alpha value is -0.220. The number of thioether (sulfide) groups is 1. The van der Waals surface area contributed by atoms with Gasteiger partial charge in [-0.25, -0.2) is 0 Å². The van der Waals surface area contributed by atoms with Crippen molar-refractivity contribution < 1.29 is 9.53 Å². The number of rotatable bonds is 4. The summed E-state index contributed by atoms with van der Waals surface area (Å²) < 4.78 is 4.61. The molecule has 1 unspecified atom stereocenters. The van der Waals surface area contributed by atoms with Crippen molar-refractivity contribution in [1.29, 1.82) is 0 Å². The van der Waals surface area contributed by atoms with E-state index in [1.54, 1.807) is 0 Å². The summed E-state index contributed by atoms with van der Waals surface area (Å²) in [7, 11) is 0. The van der Waals surface area contributed by atoms with Gasteiger partial charge in [0.25, 0.3) is 6.47 Å². The maximum Gasteiger partial charge on any atom is 0.293 e. The molecule has 1 aliphatic heterocycles. The van der Waals surface area contributed by atoms with Gasteiger partial charge in [0, 0.05) is 24.1 Å². The fraction of sp³-hybridized carbons (Fsp3) is 0.857. The lowest BCUT2D eigenvalue weighted by Gasteiger charge is -2.21. The van der Waals surface area contributed by atoms with E-state index in [2.05, 4.69) is 10.1 Å². The molecule has 1 N–H and O–H groups in total. The second kappa shape index (κ2) is 5.43. The lowest BCUT2D eigenvalue weighted by Crippen LogP contribution is -2.33. The van der Waals surface area contributed by atoms with Gasteiger partial charge >= 0.3 is 0 Å². The maximum absolute atomic E-state index is 9.80. The molecule has 1 heterocycles. The van der Waals surface area contributed by atoms with E-state index >= 15 is 0 Å². The number of nitrogens with one attached hydrogen (secondary N) is 1. The van der Waals surface area contributed by atoms with Crippen LogP contribution in [0.4, 0.5) is 0 Å². The van der Waals surface area contributed by atoms with Crippen LogP contribution < -0.4 is 5.32 Å². The van der Waals surface area contributed by atoms with Gasteiger partial charge in [-0.05, 0) is 6.42 Å². The second-order valence-corrected chi connectivity index (χ2v) is 3.86. The Labute approximate surface area is 70.9 Å². The molecular formula is C7H13NO2S. The number of hydrogen-bond donors (Lipinski definition) is 1. The third kappa shape index (κ3) is 3.62. The number of hydrogen-bond acceptors (Lipinski definition) is 4. The molecule has 0 saturated carbocycles. The lowest BCUT2D eigenvalue weighted by atomic mass is 10.3. The third-order valence-corrected chi connectivity index (χ3v) is 2.94. The first-order valence-electron chi connectivity index (χ1n) is 3.81. The van der Waals surface area contributed by atoms with Crippen molar-refractivity contribution in [2.24, 2.45) is 0 Å². The van der Waals surface area contributed by atoms with E-state index in [0.717, 1.165) is 19.5 Å². The Bertz CT molecular complexity index is 115. The minimum Gasteiger partial charge on any atom is -0.468 e. The van der Waals surface area contributed by atoms with Gasteiger partial charge in [0.1, 0.15) is 0 Å². The van der Waals surface area contributed by atoms with Crippen molar-refractivity contribution >= 4 is 18.2 Å². The standard InChI is InChI=1S/C7H13NO2S/c9-6-10-3-1-7-5-8-2-4-11-7/h6-8H,1-5H2. The van der Waals surface area contributed by atoms with Crippen LogP contribution in [0.1, 0.15) is 6.42 Å². The molecule has 1 fully saturated rings. The molecule has 0 bridgehead atoms. The van der Waals surface area contributed by atoms with E-state index in [1.165, 1.54) is 5.75 Å². The Morgan fingerprint density at radius 3 is 3.27 bits per heavy atom. The predicted octanol–water partition coefficient (Wildman–Crippen LogP) is 0.255. The third-order valence-electron chi connectivity index (χ3n) is 1.63. The van der Waals surface area contributed by atoms with Crippen LogP contribution in [0.25, 0.3) is 0 Å².